The number of ether oxygens (including phenoxy) is 1. The zero-order valence-corrected chi connectivity index (χ0v) is 12.5. The van der Waals surface area contributed by atoms with Crippen molar-refractivity contribution >= 4 is 15.9 Å². The van der Waals surface area contributed by atoms with E-state index in [0.717, 1.165) is 15.8 Å². The van der Waals surface area contributed by atoms with E-state index in [2.05, 4.69) is 21.2 Å². The van der Waals surface area contributed by atoms with Crippen molar-refractivity contribution in [1.82, 2.24) is 5.32 Å². The van der Waals surface area contributed by atoms with Gasteiger partial charge in [0, 0.05) is 12.6 Å². The number of benzene rings is 1. The lowest BCUT2D eigenvalue weighted by Gasteiger charge is -2.24. The number of hydrogen-bond donors (Lipinski definition) is 3. The van der Waals surface area contributed by atoms with E-state index < -0.39 is 5.60 Å². The summed E-state index contributed by atoms with van der Waals surface area (Å²) in [4.78, 5) is 0. The van der Waals surface area contributed by atoms with Crippen LogP contribution in [-0.2, 0) is 0 Å². The molecule has 1 aromatic carbocycles. The standard InChI is InChI=1S/C13H20BrNO3/c1-9(15-7-13(2,17)8-16)10-4-5-12(18-3)11(14)6-10/h4-6,9,15-17H,7-8H2,1-3H3. The Balaban J connectivity index is 2.67. The number of aliphatic hydroxyl groups excluding tert-OH is 1. The predicted molar refractivity (Wildman–Crippen MR) is 74.8 cm³/mol. The molecule has 5 heteroatoms. The third-order valence-corrected chi connectivity index (χ3v) is 3.43. The average Bonchev–Trinajstić information content (AvgIpc) is 2.36. The van der Waals surface area contributed by atoms with Gasteiger partial charge in [-0.15, -0.1) is 0 Å². The molecule has 0 aliphatic rings. The van der Waals surface area contributed by atoms with Crippen molar-refractivity contribution in [2.24, 2.45) is 0 Å². The van der Waals surface area contributed by atoms with Gasteiger partial charge in [-0.25, -0.2) is 0 Å². The van der Waals surface area contributed by atoms with Crippen LogP contribution in [0.1, 0.15) is 25.5 Å². The van der Waals surface area contributed by atoms with Crippen molar-refractivity contribution in [3.63, 3.8) is 0 Å². The highest BCUT2D eigenvalue weighted by molar-refractivity contribution is 9.10. The van der Waals surface area contributed by atoms with Crippen LogP contribution in [0.25, 0.3) is 0 Å². The van der Waals surface area contributed by atoms with Gasteiger partial charge in [-0.1, -0.05) is 6.07 Å². The van der Waals surface area contributed by atoms with Crippen LogP contribution in [-0.4, -0.2) is 36.1 Å². The summed E-state index contributed by atoms with van der Waals surface area (Å²) in [6.45, 7) is 3.66. The summed E-state index contributed by atoms with van der Waals surface area (Å²) < 4.78 is 6.06. The smallest absolute Gasteiger partial charge is 0.133 e. The first-order valence-corrected chi connectivity index (χ1v) is 6.59. The fraction of sp³-hybridized carbons (Fsp3) is 0.538. The van der Waals surface area contributed by atoms with Crippen molar-refractivity contribution in [2.75, 3.05) is 20.3 Å². The number of rotatable bonds is 6. The van der Waals surface area contributed by atoms with Crippen molar-refractivity contribution in [2.45, 2.75) is 25.5 Å². The SMILES string of the molecule is COc1ccc(C(C)NCC(C)(O)CO)cc1Br. The van der Waals surface area contributed by atoms with E-state index in [1.54, 1.807) is 14.0 Å². The van der Waals surface area contributed by atoms with E-state index in [1.165, 1.54) is 0 Å². The maximum atomic E-state index is 9.71. The molecule has 0 amide bonds. The van der Waals surface area contributed by atoms with Crippen LogP contribution >= 0.6 is 15.9 Å². The number of hydrogen-bond acceptors (Lipinski definition) is 4. The Morgan fingerprint density at radius 1 is 1.50 bits per heavy atom. The molecular weight excluding hydrogens is 298 g/mol. The molecule has 0 saturated heterocycles. The Morgan fingerprint density at radius 3 is 2.67 bits per heavy atom. The molecule has 0 bridgehead atoms. The summed E-state index contributed by atoms with van der Waals surface area (Å²) in [6.07, 6.45) is 0. The molecule has 0 aliphatic heterocycles. The van der Waals surface area contributed by atoms with Crippen LogP contribution in [0.4, 0.5) is 0 Å². The van der Waals surface area contributed by atoms with E-state index in [0.29, 0.717) is 6.54 Å². The monoisotopic (exact) mass is 317 g/mol. The summed E-state index contributed by atoms with van der Waals surface area (Å²) >= 11 is 3.44. The molecule has 0 aliphatic carbocycles. The second kappa shape index (κ2) is 6.52. The van der Waals surface area contributed by atoms with Gasteiger partial charge in [-0.3, -0.25) is 0 Å². The molecule has 102 valence electrons. The molecule has 4 nitrogen and oxygen atoms in total. The van der Waals surface area contributed by atoms with Gasteiger partial charge < -0.3 is 20.3 Å². The summed E-state index contributed by atoms with van der Waals surface area (Å²) in [5.41, 5.74) is -0.0192. The topological polar surface area (TPSA) is 61.7 Å². The molecule has 0 fully saturated rings. The highest BCUT2D eigenvalue weighted by Gasteiger charge is 2.20. The van der Waals surface area contributed by atoms with Gasteiger partial charge in [-0.2, -0.15) is 0 Å². The zero-order valence-electron chi connectivity index (χ0n) is 10.9. The minimum absolute atomic E-state index is 0.0743. The first-order valence-electron chi connectivity index (χ1n) is 5.79. The molecule has 0 radical (unpaired) electrons. The highest BCUT2D eigenvalue weighted by atomic mass is 79.9. The van der Waals surface area contributed by atoms with Gasteiger partial charge in [0.05, 0.1) is 23.8 Å². The van der Waals surface area contributed by atoms with Gasteiger partial charge in [0.15, 0.2) is 0 Å². The fourth-order valence-electron chi connectivity index (χ4n) is 1.50. The molecule has 0 saturated carbocycles. The van der Waals surface area contributed by atoms with Crippen LogP contribution in [0, 0.1) is 0 Å². The maximum Gasteiger partial charge on any atom is 0.133 e. The van der Waals surface area contributed by atoms with E-state index in [9.17, 15) is 5.11 Å². The third-order valence-electron chi connectivity index (χ3n) is 2.81. The van der Waals surface area contributed by atoms with Gasteiger partial charge in [0.2, 0.25) is 0 Å². The second-order valence-electron chi connectivity index (χ2n) is 4.65. The lowest BCUT2D eigenvalue weighted by atomic mass is 10.1. The number of aliphatic hydroxyl groups is 2. The van der Waals surface area contributed by atoms with E-state index in [-0.39, 0.29) is 12.6 Å². The van der Waals surface area contributed by atoms with Gasteiger partial charge >= 0.3 is 0 Å². The van der Waals surface area contributed by atoms with Crippen molar-refractivity contribution < 1.29 is 14.9 Å². The molecule has 0 aromatic heterocycles. The Bertz CT molecular complexity index is 396. The van der Waals surface area contributed by atoms with Crippen LogP contribution in [0.3, 0.4) is 0 Å². The molecule has 1 aromatic rings. The molecular formula is C13H20BrNO3. The lowest BCUT2D eigenvalue weighted by Crippen LogP contribution is -2.41. The van der Waals surface area contributed by atoms with Gasteiger partial charge in [-0.05, 0) is 47.5 Å². The second-order valence-corrected chi connectivity index (χ2v) is 5.51. The van der Waals surface area contributed by atoms with Gasteiger partial charge in [0.1, 0.15) is 5.75 Å². The fourth-order valence-corrected chi connectivity index (χ4v) is 2.06. The summed E-state index contributed by atoms with van der Waals surface area (Å²) in [6, 6.07) is 5.91. The summed E-state index contributed by atoms with van der Waals surface area (Å²) in [5, 5.41) is 21.9. The molecule has 0 spiro atoms. The van der Waals surface area contributed by atoms with Crippen LogP contribution < -0.4 is 10.1 Å². The van der Waals surface area contributed by atoms with Crippen molar-refractivity contribution in [1.29, 1.82) is 0 Å². The van der Waals surface area contributed by atoms with E-state index in [1.807, 2.05) is 25.1 Å². The van der Waals surface area contributed by atoms with E-state index >= 15 is 0 Å². The number of methoxy groups -OCH3 is 1. The van der Waals surface area contributed by atoms with E-state index in [4.69, 9.17) is 9.84 Å². The first kappa shape index (κ1) is 15.4. The zero-order chi connectivity index (χ0) is 13.8. The molecule has 3 N–H and O–H groups in total. The summed E-state index contributed by atoms with van der Waals surface area (Å²) in [5.74, 6) is 0.785. The van der Waals surface area contributed by atoms with Gasteiger partial charge in [0.25, 0.3) is 0 Å². The third kappa shape index (κ3) is 4.24. The van der Waals surface area contributed by atoms with Crippen molar-refractivity contribution in [3.8, 4) is 5.75 Å². The summed E-state index contributed by atoms with van der Waals surface area (Å²) in [7, 11) is 1.62. The minimum atomic E-state index is -1.10. The Hall–Kier alpha value is -0.620. The quantitative estimate of drug-likeness (QED) is 0.749. The van der Waals surface area contributed by atoms with Crippen LogP contribution in [0.2, 0.25) is 0 Å². The molecule has 2 atom stereocenters. The molecule has 18 heavy (non-hydrogen) atoms. The largest absolute Gasteiger partial charge is 0.496 e. The average molecular weight is 318 g/mol. The molecule has 1 rings (SSSR count). The number of halogens is 1. The Labute approximate surface area is 116 Å². The minimum Gasteiger partial charge on any atom is -0.496 e. The highest BCUT2D eigenvalue weighted by Crippen LogP contribution is 2.28. The van der Waals surface area contributed by atoms with Crippen molar-refractivity contribution in [3.05, 3.63) is 28.2 Å². The first-order chi connectivity index (χ1) is 8.39. The maximum absolute atomic E-state index is 9.71. The van der Waals surface area contributed by atoms with Crippen LogP contribution in [0.15, 0.2) is 22.7 Å². The molecule has 2 unspecified atom stereocenters. The Morgan fingerprint density at radius 2 is 2.17 bits per heavy atom. The van der Waals surface area contributed by atoms with Crippen LogP contribution in [0.5, 0.6) is 5.75 Å². The molecule has 0 heterocycles. The predicted octanol–water partition coefficient (Wildman–Crippen LogP) is 1.85. The Kier molecular flexibility index (Phi) is 5.59. The normalized spacial score (nSPS) is 16.1. The number of nitrogens with one attached hydrogen (secondary N) is 1. The lowest BCUT2D eigenvalue weighted by molar-refractivity contribution is 0.00106.